The fraction of sp³-hybridized carbons (Fsp3) is 0.333. The molecule has 0 aromatic heterocycles. The van der Waals surface area contributed by atoms with Crippen molar-refractivity contribution < 1.29 is 0 Å². The first-order valence-corrected chi connectivity index (χ1v) is 5.92. The first kappa shape index (κ1) is 9.66. The highest BCUT2D eigenvalue weighted by Gasteiger charge is 2.10. The molecule has 0 fully saturated rings. The molecule has 1 nitrogen and oxygen atoms in total. The number of benzene rings is 1. The Morgan fingerprint density at radius 2 is 2.14 bits per heavy atom. The van der Waals surface area contributed by atoms with Crippen LogP contribution >= 0.6 is 11.8 Å². The maximum atomic E-state index is 5.89. The Morgan fingerprint density at radius 1 is 1.29 bits per heavy atom. The highest BCUT2D eigenvalue weighted by Crippen LogP contribution is 2.33. The summed E-state index contributed by atoms with van der Waals surface area (Å²) in [4.78, 5) is 1.21. The highest BCUT2D eigenvalue weighted by molar-refractivity contribution is 8.00. The van der Waals surface area contributed by atoms with Crippen molar-refractivity contribution >= 4 is 17.4 Å². The molecule has 1 atom stereocenters. The first-order chi connectivity index (χ1) is 6.86. The summed E-state index contributed by atoms with van der Waals surface area (Å²) in [7, 11) is 0. The summed E-state index contributed by atoms with van der Waals surface area (Å²) < 4.78 is 0. The van der Waals surface area contributed by atoms with Crippen molar-refractivity contribution in [3.05, 3.63) is 36.4 Å². The minimum Gasteiger partial charge on any atom is -0.398 e. The van der Waals surface area contributed by atoms with E-state index in [1.165, 1.54) is 24.2 Å². The van der Waals surface area contributed by atoms with Gasteiger partial charge in [-0.3, -0.25) is 0 Å². The SMILES string of the molecule is Nc1ccccc1SC1C=CCCC1. The number of anilines is 1. The van der Waals surface area contributed by atoms with Gasteiger partial charge < -0.3 is 5.73 Å². The lowest BCUT2D eigenvalue weighted by Gasteiger charge is -2.16. The zero-order valence-electron chi connectivity index (χ0n) is 8.15. The van der Waals surface area contributed by atoms with Crippen LogP contribution in [0.3, 0.4) is 0 Å². The average Bonchev–Trinajstić information content (AvgIpc) is 2.23. The van der Waals surface area contributed by atoms with E-state index in [0.29, 0.717) is 5.25 Å². The molecule has 0 aliphatic heterocycles. The molecule has 0 saturated heterocycles. The number of nitrogen functional groups attached to an aromatic ring is 1. The van der Waals surface area contributed by atoms with Crippen LogP contribution in [0.25, 0.3) is 0 Å². The van der Waals surface area contributed by atoms with Gasteiger partial charge in [0.15, 0.2) is 0 Å². The molecule has 14 heavy (non-hydrogen) atoms. The zero-order chi connectivity index (χ0) is 9.80. The van der Waals surface area contributed by atoms with Crippen molar-refractivity contribution in [2.24, 2.45) is 0 Å². The number of thioether (sulfide) groups is 1. The van der Waals surface area contributed by atoms with Crippen molar-refractivity contribution in [1.29, 1.82) is 0 Å². The van der Waals surface area contributed by atoms with Crippen molar-refractivity contribution in [2.45, 2.75) is 29.4 Å². The van der Waals surface area contributed by atoms with Gasteiger partial charge in [-0.2, -0.15) is 0 Å². The second-order valence-corrected chi connectivity index (χ2v) is 4.83. The van der Waals surface area contributed by atoms with Crippen molar-refractivity contribution in [3.63, 3.8) is 0 Å². The molecule has 0 heterocycles. The maximum absolute atomic E-state index is 5.89. The molecule has 74 valence electrons. The molecule has 1 aromatic rings. The van der Waals surface area contributed by atoms with E-state index in [1.807, 2.05) is 30.0 Å². The number of hydrogen-bond acceptors (Lipinski definition) is 2. The van der Waals surface area contributed by atoms with Gasteiger partial charge in [0.2, 0.25) is 0 Å². The number of para-hydroxylation sites is 1. The Labute approximate surface area is 89.4 Å². The van der Waals surface area contributed by atoms with Gasteiger partial charge in [0, 0.05) is 15.8 Å². The van der Waals surface area contributed by atoms with E-state index < -0.39 is 0 Å². The number of nitrogens with two attached hydrogens (primary N) is 1. The van der Waals surface area contributed by atoms with Gasteiger partial charge in [0.05, 0.1) is 0 Å². The van der Waals surface area contributed by atoms with Crippen LogP contribution in [0.5, 0.6) is 0 Å². The van der Waals surface area contributed by atoms with Crippen LogP contribution < -0.4 is 5.73 Å². The molecular formula is C12H15NS. The molecule has 1 aromatic carbocycles. The Bertz CT molecular complexity index is 333. The molecule has 0 saturated carbocycles. The molecule has 1 aliphatic rings. The summed E-state index contributed by atoms with van der Waals surface area (Å²) in [5, 5.41) is 0.619. The molecular weight excluding hydrogens is 190 g/mol. The molecule has 0 amide bonds. The predicted molar refractivity (Wildman–Crippen MR) is 63.5 cm³/mol. The van der Waals surface area contributed by atoms with Crippen molar-refractivity contribution in [3.8, 4) is 0 Å². The zero-order valence-corrected chi connectivity index (χ0v) is 8.96. The summed E-state index contributed by atoms with van der Waals surface area (Å²) in [6, 6.07) is 8.10. The van der Waals surface area contributed by atoms with Crippen molar-refractivity contribution in [1.82, 2.24) is 0 Å². The number of rotatable bonds is 2. The standard InChI is InChI=1S/C12H15NS/c13-11-8-4-5-9-12(11)14-10-6-2-1-3-7-10/h2,4-6,8-10H,1,3,7,13H2. The Hall–Kier alpha value is -0.890. The fourth-order valence-electron chi connectivity index (χ4n) is 1.63. The maximum Gasteiger partial charge on any atom is 0.0452 e. The van der Waals surface area contributed by atoms with Gasteiger partial charge in [0.25, 0.3) is 0 Å². The number of hydrogen-bond donors (Lipinski definition) is 1. The lowest BCUT2D eigenvalue weighted by Crippen LogP contribution is -2.02. The van der Waals surface area contributed by atoms with Crippen LogP contribution in [0.2, 0.25) is 0 Å². The van der Waals surface area contributed by atoms with E-state index in [-0.39, 0.29) is 0 Å². The second-order valence-electron chi connectivity index (χ2n) is 3.55. The van der Waals surface area contributed by atoms with Gasteiger partial charge >= 0.3 is 0 Å². The first-order valence-electron chi connectivity index (χ1n) is 5.04. The van der Waals surface area contributed by atoms with E-state index in [9.17, 15) is 0 Å². The van der Waals surface area contributed by atoms with Gasteiger partial charge in [-0.1, -0.05) is 24.3 Å². The third-order valence-corrected chi connectivity index (χ3v) is 3.73. The molecule has 1 unspecified atom stereocenters. The van der Waals surface area contributed by atoms with Crippen molar-refractivity contribution in [2.75, 3.05) is 5.73 Å². The lowest BCUT2D eigenvalue weighted by atomic mass is 10.1. The van der Waals surface area contributed by atoms with E-state index in [0.717, 1.165) is 5.69 Å². The van der Waals surface area contributed by atoms with Gasteiger partial charge in [-0.15, -0.1) is 11.8 Å². The van der Waals surface area contributed by atoms with E-state index in [4.69, 9.17) is 5.73 Å². The fourth-order valence-corrected chi connectivity index (χ4v) is 2.79. The monoisotopic (exact) mass is 205 g/mol. The quantitative estimate of drug-likeness (QED) is 0.591. The van der Waals surface area contributed by atoms with Crippen LogP contribution in [0.4, 0.5) is 5.69 Å². The topological polar surface area (TPSA) is 26.0 Å². The van der Waals surface area contributed by atoms with Crippen LogP contribution in [0, 0.1) is 0 Å². The molecule has 2 rings (SSSR count). The average molecular weight is 205 g/mol. The third-order valence-electron chi connectivity index (χ3n) is 2.41. The Morgan fingerprint density at radius 3 is 2.86 bits per heavy atom. The molecule has 2 heteroatoms. The van der Waals surface area contributed by atoms with Gasteiger partial charge in [-0.25, -0.2) is 0 Å². The summed E-state index contributed by atoms with van der Waals surface area (Å²) in [5.74, 6) is 0. The third kappa shape index (κ3) is 2.32. The van der Waals surface area contributed by atoms with Gasteiger partial charge in [0.1, 0.15) is 0 Å². The number of allylic oxidation sites excluding steroid dienone is 1. The second kappa shape index (κ2) is 4.56. The predicted octanol–water partition coefficient (Wildman–Crippen LogP) is 3.47. The normalized spacial score (nSPS) is 21.0. The largest absolute Gasteiger partial charge is 0.398 e. The summed E-state index contributed by atoms with van der Waals surface area (Å²) in [6.07, 6.45) is 8.40. The summed E-state index contributed by atoms with van der Waals surface area (Å²) >= 11 is 1.88. The van der Waals surface area contributed by atoms with E-state index >= 15 is 0 Å². The van der Waals surface area contributed by atoms with Crippen LogP contribution in [0.1, 0.15) is 19.3 Å². The Kier molecular flexibility index (Phi) is 3.14. The van der Waals surface area contributed by atoms with Crippen LogP contribution in [0.15, 0.2) is 41.3 Å². The van der Waals surface area contributed by atoms with Crippen LogP contribution in [-0.4, -0.2) is 5.25 Å². The van der Waals surface area contributed by atoms with E-state index in [2.05, 4.69) is 18.2 Å². The highest BCUT2D eigenvalue weighted by atomic mass is 32.2. The minimum atomic E-state index is 0.619. The molecule has 0 radical (unpaired) electrons. The van der Waals surface area contributed by atoms with E-state index in [1.54, 1.807) is 0 Å². The Balaban J connectivity index is 2.06. The molecule has 1 aliphatic carbocycles. The summed E-state index contributed by atoms with van der Waals surface area (Å²) in [5.41, 5.74) is 6.79. The van der Waals surface area contributed by atoms with Crippen LogP contribution in [-0.2, 0) is 0 Å². The molecule has 0 spiro atoms. The smallest absolute Gasteiger partial charge is 0.0452 e. The van der Waals surface area contributed by atoms with Gasteiger partial charge in [-0.05, 0) is 31.4 Å². The lowest BCUT2D eigenvalue weighted by molar-refractivity contribution is 0.741. The summed E-state index contributed by atoms with van der Waals surface area (Å²) in [6.45, 7) is 0. The minimum absolute atomic E-state index is 0.619. The molecule has 0 bridgehead atoms. The molecule has 2 N–H and O–H groups in total.